The molecule has 132 valence electrons. The number of benzene rings is 1. The average Bonchev–Trinajstić information content (AvgIpc) is 3.04. The Labute approximate surface area is 154 Å². The van der Waals surface area contributed by atoms with Crippen molar-refractivity contribution < 1.29 is 4.52 Å². The summed E-state index contributed by atoms with van der Waals surface area (Å²) in [6, 6.07) is 5.18. The molecule has 0 saturated carbocycles. The van der Waals surface area contributed by atoms with E-state index in [4.69, 9.17) is 16.1 Å². The smallest absolute Gasteiger partial charge is 0.262 e. The standard InChI is InChI=1S/C17H19ClN4O2S/c1-4-15-20-14(21-24-15)9-25-17-19-13-6-5-11(18)7-12(13)16(23)22(17)8-10(2)3/h5-7,10H,4,8-9H2,1-3H3. The second-order valence-corrected chi connectivity index (χ2v) is 7.49. The SMILES string of the molecule is CCc1nc(CSc2nc3ccc(Cl)cc3c(=O)n2CC(C)C)no1. The van der Waals surface area contributed by atoms with Crippen LogP contribution in [0.1, 0.15) is 32.5 Å². The Morgan fingerprint density at radius 1 is 1.32 bits per heavy atom. The van der Waals surface area contributed by atoms with Crippen LogP contribution in [0, 0.1) is 5.92 Å². The lowest BCUT2D eigenvalue weighted by Crippen LogP contribution is -2.25. The summed E-state index contributed by atoms with van der Waals surface area (Å²) >= 11 is 7.47. The van der Waals surface area contributed by atoms with E-state index in [9.17, 15) is 4.79 Å². The van der Waals surface area contributed by atoms with Crippen LogP contribution in [0.2, 0.25) is 5.02 Å². The van der Waals surface area contributed by atoms with Crippen molar-refractivity contribution in [1.82, 2.24) is 19.7 Å². The van der Waals surface area contributed by atoms with E-state index in [1.165, 1.54) is 11.8 Å². The second-order valence-electron chi connectivity index (χ2n) is 6.11. The highest BCUT2D eigenvalue weighted by Crippen LogP contribution is 2.23. The first-order valence-corrected chi connectivity index (χ1v) is 9.48. The lowest BCUT2D eigenvalue weighted by Gasteiger charge is -2.14. The summed E-state index contributed by atoms with van der Waals surface area (Å²) in [5, 5.41) is 5.66. The van der Waals surface area contributed by atoms with Crippen LogP contribution in [0.4, 0.5) is 0 Å². The van der Waals surface area contributed by atoms with Crippen molar-refractivity contribution in [2.75, 3.05) is 0 Å². The first-order chi connectivity index (χ1) is 12.0. The molecular formula is C17H19ClN4O2S. The van der Waals surface area contributed by atoms with Gasteiger partial charge in [-0.25, -0.2) is 4.98 Å². The molecule has 0 unspecified atom stereocenters. The Kier molecular flexibility index (Phi) is 5.44. The van der Waals surface area contributed by atoms with Gasteiger partial charge in [0.25, 0.3) is 5.56 Å². The Hall–Kier alpha value is -1.86. The van der Waals surface area contributed by atoms with Gasteiger partial charge in [0.2, 0.25) is 5.89 Å². The average molecular weight is 379 g/mol. The van der Waals surface area contributed by atoms with Crippen LogP contribution in [0.5, 0.6) is 0 Å². The fourth-order valence-corrected chi connectivity index (χ4v) is 3.45. The zero-order chi connectivity index (χ0) is 18.0. The number of fused-ring (bicyclic) bond motifs is 1. The van der Waals surface area contributed by atoms with E-state index in [1.807, 2.05) is 6.92 Å². The number of rotatable bonds is 6. The van der Waals surface area contributed by atoms with Crippen LogP contribution in [0.15, 0.2) is 32.7 Å². The van der Waals surface area contributed by atoms with Crippen molar-refractivity contribution in [1.29, 1.82) is 0 Å². The van der Waals surface area contributed by atoms with Gasteiger partial charge in [-0.3, -0.25) is 9.36 Å². The first-order valence-electron chi connectivity index (χ1n) is 8.12. The monoisotopic (exact) mass is 378 g/mol. The molecule has 0 amide bonds. The molecule has 0 aliphatic carbocycles. The molecule has 1 aromatic carbocycles. The molecule has 3 aromatic rings. The molecule has 2 aromatic heterocycles. The number of halogens is 1. The molecule has 0 saturated heterocycles. The van der Waals surface area contributed by atoms with Gasteiger partial charge in [-0.15, -0.1) is 0 Å². The molecule has 0 spiro atoms. The molecule has 0 bridgehead atoms. The summed E-state index contributed by atoms with van der Waals surface area (Å²) in [4.78, 5) is 21.9. The van der Waals surface area contributed by atoms with E-state index < -0.39 is 0 Å². The normalized spacial score (nSPS) is 11.6. The summed E-state index contributed by atoms with van der Waals surface area (Å²) in [6.07, 6.45) is 0.699. The number of hydrogen-bond acceptors (Lipinski definition) is 6. The summed E-state index contributed by atoms with van der Waals surface area (Å²) < 4.78 is 6.83. The molecule has 0 N–H and O–H groups in total. The van der Waals surface area contributed by atoms with Gasteiger partial charge in [0.05, 0.1) is 16.7 Å². The molecule has 6 nitrogen and oxygen atoms in total. The van der Waals surface area contributed by atoms with Crippen molar-refractivity contribution >= 4 is 34.3 Å². The van der Waals surface area contributed by atoms with Crippen molar-refractivity contribution in [2.24, 2.45) is 5.92 Å². The zero-order valence-electron chi connectivity index (χ0n) is 14.3. The Bertz CT molecular complexity index is 951. The predicted molar refractivity (Wildman–Crippen MR) is 99.1 cm³/mol. The van der Waals surface area contributed by atoms with Gasteiger partial charge in [-0.05, 0) is 24.1 Å². The highest BCUT2D eigenvalue weighted by molar-refractivity contribution is 7.98. The molecule has 2 heterocycles. The molecule has 0 aliphatic heterocycles. The van der Waals surface area contributed by atoms with E-state index in [-0.39, 0.29) is 5.56 Å². The third kappa shape index (κ3) is 4.04. The van der Waals surface area contributed by atoms with Crippen LogP contribution in [-0.2, 0) is 18.7 Å². The quantitative estimate of drug-likeness (QED) is 0.477. The van der Waals surface area contributed by atoms with E-state index in [2.05, 4.69) is 29.0 Å². The molecule has 25 heavy (non-hydrogen) atoms. The Morgan fingerprint density at radius 2 is 2.12 bits per heavy atom. The highest BCUT2D eigenvalue weighted by Gasteiger charge is 2.15. The van der Waals surface area contributed by atoms with E-state index in [1.54, 1.807) is 22.8 Å². The van der Waals surface area contributed by atoms with E-state index >= 15 is 0 Å². The summed E-state index contributed by atoms with van der Waals surface area (Å²) in [5.74, 6) is 2.01. The van der Waals surface area contributed by atoms with Crippen LogP contribution in [0.3, 0.4) is 0 Å². The third-order valence-electron chi connectivity index (χ3n) is 3.57. The summed E-state index contributed by atoms with van der Waals surface area (Å²) in [6.45, 7) is 6.68. The minimum absolute atomic E-state index is 0.0777. The predicted octanol–water partition coefficient (Wildman–Crippen LogP) is 3.94. The number of thioether (sulfide) groups is 1. The maximum absolute atomic E-state index is 12.9. The fraction of sp³-hybridized carbons (Fsp3) is 0.412. The van der Waals surface area contributed by atoms with Gasteiger partial charge in [0, 0.05) is 18.0 Å². The van der Waals surface area contributed by atoms with Crippen LogP contribution in [-0.4, -0.2) is 19.7 Å². The topological polar surface area (TPSA) is 73.8 Å². The number of aryl methyl sites for hydroxylation is 1. The lowest BCUT2D eigenvalue weighted by molar-refractivity contribution is 0.378. The highest BCUT2D eigenvalue weighted by atomic mass is 35.5. The number of aromatic nitrogens is 4. The van der Waals surface area contributed by atoms with Gasteiger partial charge in [-0.2, -0.15) is 4.98 Å². The van der Waals surface area contributed by atoms with Crippen molar-refractivity contribution in [2.45, 2.75) is 44.6 Å². The van der Waals surface area contributed by atoms with Gasteiger partial charge in [0.1, 0.15) is 0 Å². The van der Waals surface area contributed by atoms with Crippen molar-refractivity contribution in [3.8, 4) is 0 Å². The number of nitrogens with zero attached hydrogens (tertiary/aromatic N) is 4. The van der Waals surface area contributed by atoms with Crippen LogP contribution in [0.25, 0.3) is 10.9 Å². The van der Waals surface area contributed by atoms with Gasteiger partial charge in [-0.1, -0.05) is 49.3 Å². The molecule has 3 rings (SSSR count). The molecule has 0 atom stereocenters. The van der Waals surface area contributed by atoms with E-state index in [0.29, 0.717) is 57.4 Å². The van der Waals surface area contributed by atoms with Gasteiger partial charge >= 0.3 is 0 Å². The Morgan fingerprint density at radius 3 is 2.80 bits per heavy atom. The zero-order valence-corrected chi connectivity index (χ0v) is 15.9. The molecule has 0 radical (unpaired) electrons. The van der Waals surface area contributed by atoms with Crippen molar-refractivity contribution in [3.05, 3.63) is 45.3 Å². The van der Waals surface area contributed by atoms with E-state index in [0.717, 1.165) is 0 Å². The minimum Gasteiger partial charge on any atom is -0.339 e. The van der Waals surface area contributed by atoms with Gasteiger partial charge < -0.3 is 4.52 Å². The largest absolute Gasteiger partial charge is 0.339 e. The maximum Gasteiger partial charge on any atom is 0.262 e. The maximum atomic E-state index is 12.9. The summed E-state index contributed by atoms with van der Waals surface area (Å²) in [7, 11) is 0. The molecular weight excluding hydrogens is 360 g/mol. The van der Waals surface area contributed by atoms with Crippen LogP contribution < -0.4 is 5.56 Å². The number of hydrogen-bond donors (Lipinski definition) is 0. The fourth-order valence-electron chi connectivity index (χ4n) is 2.43. The molecule has 8 heteroatoms. The minimum atomic E-state index is -0.0777. The van der Waals surface area contributed by atoms with Crippen LogP contribution >= 0.6 is 23.4 Å². The third-order valence-corrected chi connectivity index (χ3v) is 4.78. The second kappa shape index (κ2) is 7.58. The summed E-state index contributed by atoms with van der Waals surface area (Å²) in [5.41, 5.74) is 0.560. The lowest BCUT2D eigenvalue weighted by atomic mass is 10.2. The molecule has 0 fully saturated rings. The first kappa shape index (κ1) is 17.9. The molecule has 0 aliphatic rings. The Balaban J connectivity index is 1.99. The van der Waals surface area contributed by atoms with Crippen molar-refractivity contribution in [3.63, 3.8) is 0 Å². The van der Waals surface area contributed by atoms with Gasteiger partial charge in [0.15, 0.2) is 11.0 Å².